The molecule has 2 heterocycles. The van der Waals surface area contributed by atoms with Crippen LogP contribution in [0.15, 0.2) is 66.7 Å². The molecule has 29 heavy (non-hydrogen) atoms. The Labute approximate surface area is 172 Å². The van der Waals surface area contributed by atoms with Gasteiger partial charge >= 0.3 is 0 Å². The average molecular weight is 383 g/mol. The third-order valence-corrected chi connectivity index (χ3v) is 5.76. The van der Waals surface area contributed by atoms with E-state index in [9.17, 15) is 0 Å². The Morgan fingerprint density at radius 1 is 0.966 bits per heavy atom. The molecule has 2 aliphatic heterocycles. The maximum Gasteiger partial charge on any atom is 0.150 e. The molecule has 0 radical (unpaired) electrons. The first kappa shape index (κ1) is 17.9. The first-order chi connectivity index (χ1) is 14.0. The zero-order valence-electron chi connectivity index (χ0n) is 17.2. The Morgan fingerprint density at radius 2 is 1.76 bits per heavy atom. The monoisotopic (exact) mass is 383 g/mol. The molecule has 146 valence electrons. The Balaban J connectivity index is 1.81. The van der Waals surface area contributed by atoms with Gasteiger partial charge in [-0.05, 0) is 61.7 Å². The van der Waals surface area contributed by atoms with E-state index < -0.39 is 0 Å². The Hall–Kier alpha value is -3.20. The van der Waals surface area contributed by atoms with Crippen LogP contribution >= 0.6 is 0 Å². The van der Waals surface area contributed by atoms with Gasteiger partial charge in [0.2, 0.25) is 0 Å². The van der Waals surface area contributed by atoms with Crippen molar-refractivity contribution in [2.75, 3.05) is 12.4 Å². The molecule has 5 rings (SSSR count). The second-order valence-corrected chi connectivity index (χ2v) is 8.39. The molecule has 3 aromatic rings. The summed E-state index contributed by atoms with van der Waals surface area (Å²) >= 11 is 0. The maximum absolute atomic E-state index is 6.60. The fourth-order valence-electron chi connectivity index (χ4n) is 4.65. The highest BCUT2D eigenvalue weighted by Crippen LogP contribution is 2.51. The molecule has 0 aromatic heterocycles. The number of rotatable bonds is 2. The number of methoxy groups -OCH3 is 1. The van der Waals surface area contributed by atoms with E-state index in [1.807, 2.05) is 18.2 Å². The molecule has 1 atom stereocenters. The van der Waals surface area contributed by atoms with Gasteiger partial charge in [0, 0.05) is 22.4 Å². The van der Waals surface area contributed by atoms with E-state index in [1.54, 1.807) is 7.11 Å². The van der Waals surface area contributed by atoms with Crippen LogP contribution < -0.4 is 14.8 Å². The summed E-state index contributed by atoms with van der Waals surface area (Å²) in [5.41, 5.74) is 8.24. The van der Waals surface area contributed by atoms with Crippen molar-refractivity contribution >= 4 is 11.3 Å². The van der Waals surface area contributed by atoms with E-state index in [2.05, 4.69) is 74.6 Å². The largest absolute Gasteiger partial charge is 0.497 e. The molecule has 1 N–H and O–H groups in total. The highest BCUT2D eigenvalue weighted by molar-refractivity contribution is 5.90. The molecule has 0 saturated heterocycles. The van der Waals surface area contributed by atoms with Gasteiger partial charge in [0.1, 0.15) is 11.5 Å². The van der Waals surface area contributed by atoms with Crippen LogP contribution in [0.1, 0.15) is 43.6 Å². The summed E-state index contributed by atoms with van der Waals surface area (Å²) in [5, 5.41) is 3.68. The molecule has 0 spiro atoms. The minimum absolute atomic E-state index is 0.0792. The zero-order valence-corrected chi connectivity index (χ0v) is 17.2. The molecule has 3 heteroatoms. The number of hydrogen-bond acceptors (Lipinski definition) is 3. The van der Waals surface area contributed by atoms with Gasteiger partial charge in [0.25, 0.3) is 0 Å². The first-order valence-electron chi connectivity index (χ1n) is 10.0. The van der Waals surface area contributed by atoms with E-state index >= 15 is 0 Å². The molecule has 0 aliphatic carbocycles. The third-order valence-electron chi connectivity index (χ3n) is 5.76. The van der Waals surface area contributed by atoms with Crippen LogP contribution in [0.25, 0.3) is 16.7 Å². The predicted octanol–water partition coefficient (Wildman–Crippen LogP) is 6.45. The van der Waals surface area contributed by atoms with Crippen molar-refractivity contribution in [2.24, 2.45) is 0 Å². The Kier molecular flexibility index (Phi) is 3.95. The molecule has 3 nitrogen and oxygen atoms in total. The maximum atomic E-state index is 6.60. The fraction of sp³-hybridized carbons (Fsp3) is 0.231. The normalized spacial score (nSPS) is 18.3. The average Bonchev–Trinajstić information content (AvgIpc) is 2.71. The van der Waals surface area contributed by atoms with Crippen LogP contribution in [0.2, 0.25) is 0 Å². The molecule has 0 fully saturated rings. The number of nitrogens with one attached hydrogen (secondary N) is 1. The van der Waals surface area contributed by atoms with Gasteiger partial charge in [0.05, 0.1) is 12.6 Å². The molecular formula is C26H25NO2. The van der Waals surface area contributed by atoms with Crippen molar-refractivity contribution in [1.29, 1.82) is 0 Å². The van der Waals surface area contributed by atoms with Gasteiger partial charge in [-0.25, -0.2) is 0 Å². The predicted molar refractivity (Wildman–Crippen MR) is 119 cm³/mol. The van der Waals surface area contributed by atoms with Gasteiger partial charge in [-0.15, -0.1) is 0 Å². The third kappa shape index (κ3) is 2.89. The van der Waals surface area contributed by atoms with Crippen LogP contribution in [0, 0.1) is 0 Å². The lowest BCUT2D eigenvalue weighted by Gasteiger charge is -2.37. The van der Waals surface area contributed by atoms with Gasteiger partial charge < -0.3 is 14.8 Å². The number of anilines is 1. The number of ether oxygens (including phenoxy) is 2. The summed E-state index contributed by atoms with van der Waals surface area (Å²) in [6.45, 7) is 6.60. The highest BCUT2D eigenvalue weighted by Gasteiger charge is 2.34. The van der Waals surface area contributed by atoms with Crippen LogP contribution in [-0.2, 0) is 0 Å². The van der Waals surface area contributed by atoms with Gasteiger partial charge in [-0.1, -0.05) is 42.5 Å². The number of hydrogen-bond donors (Lipinski definition) is 1. The van der Waals surface area contributed by atoms with Crippen molar-refractivity contribution < 1.29 is 9.47 Å². The molecule has 0 saturated carbocycles. The summed E-state index contributed by atoms with van der Waals surface area (Å²) in [7, 11) is 1.70. The summed E-state index contributed by atoms with van der Waals surface area (Å²) in [6, 6.07) is 20.9. The first-order valence-corrected chi connectivity index (χ1v) is 10.0. The SMILES string of the molecule is COc1ccc2c(c1)-c1ccc3c(c1[C@H](c1ccccc1)O2)C(C)=CC(C)(C)N3. The quantitative estimate of drug-likeness (QED) is 0.551. The van der Waals surface area contributed by atoms with Gasteiger partial charge in [-0.2, -0.15) is 0 Å². The summed E-state index contributed by atoms with van der Waals surface area (Å²) in [5.74, 6) is 1.72. The lowest BCUT2D eigenvalue weighted by Crippen LogP contribution is -2.32. The van der Waals surface area contributed by atoms with Crippen LogP contribution in [-0.4, -0.2) is 12.6 Å². The Morgan fingerprint density at radius 3 is 2.52 bits per heavy atom. The minimum atomic E-state index is -0.159. The molecule has 2 aliphatic rings. The second-order valence-electron chi connectivity index (χ2n) is 8.39. The van der Waals surface area contributed by atoms with E-state index in [-0.39, 0.29) is 11.6 Å². The second kappa shape index (κ2) is 6.41. The van der Waals surface area contributed by atoms with Crippen molar-refractivity contribution in [3.05, 3.63) is 83.4 Å². The standard InChI is InChI=1S/C26H25NO2/c1-16-15-26(2,3)27-21-12-11-19-20-14-18(28-4)10-13-22(20)29-25(24(19)23(16)21)17-8-6-5-7-9-17/h5-15,25,27H,1-4H3/t25-/m0/s1. The number of allylic oxidation sites excluding steroid dienone is 1. The molecular weight excluding hydrogens is 358 g/mol. The molecule has 3 aromatic carbocycles. The minimum Gasteiger partial charge on any atom is -0.497 e. The Bertz CT molecular complexity index is 1130. The molecule has 0 unspecified atom stereocenters. The number of fused-ring (bicyclic) bond motifs is 5. The smallest absolute Gasteiger partial charge is 0.150 e. The van der Waals surface area contributed by atoms with Gasteiger partial charge in [-0.3, -0.25) is 0 Å². The summed E-state index contributed by atoms with van der Waals surface area (Å²) in [6.07, 6.45) is 2.15. The fourth-order valence-corrected chi connectivity index (χ4v) is 4.65. The lowest BCUT2D eigenvalue weighted by atomic mass is 9.80. The summed E-state index contributed by atoms with van der Waals surface area (Å²) < 4.78 is 12.1. The van der Waals surface area contributed by atoms with Crippen molar-refractivity contribution in [2.45, 2.75) is 32.4 Å². The summed E-state index contributed by atoms with van der Waals surface area (Å²) in [4.78, 5) is 0. The van der Waals surface area contributed by atoms with Crippen LogP contribution in [0.3, 0.4) is 0 Å². The van der Waals surface area contributed by atoms with E-state index in [0.717, 1.165) is 28.3 Å². The zero-order chi connectivity index (χ0) is 20.2. The van der Waals surface area contributed by atoms with Crippen molar-refractivity contribution in [1.82, 2.24) is 0 Å². The van der Waals surface area contributed by atoms with Crippen molar-refractivity contribution in [3.63, 3.8) is 0 Å². The van der Waals surface area contributed by atoms with Gasteiger partial charge in [0.15, 0.2) is 6.10 Å². The van der Waals surface area contributed by atoms with Crippen molar-refractivity contribution in [3.8, 4) is 22.6 Å². The van der Waals surface area contributed by atoms with E-state index in [4.69, 9.17) is 9.47 Å². The molecule has 0 bridgehead atoms. The van der Waals surface area contributed by atoms with Crippen LogP contribution in [0.5, 0.6) is 11.5 Å². The van der Waals surface area contributed by atoms with E-state index in [0.29, 0.717) is 0 Å². The topological polar surface area (TPSA) is 30.5 Å². The highest BCUT2D eigenvalue weighted by atomic mass is 16.5. The number of benzene rings is 3. The van der Waals surface area contributed by atoms with Crippen LogP contribution in [0.4, 0.5) is 5.69 Å². The van der Waals surface area contributed by atoms with E-state index in [1.165, 1.54) is 22.3 Å². The lowest BCUT2D eigenvalue weighted by molar-refractivity contribution is 0.243. The molecule has 0 amide bonds.